The molecule has 1 aromatic heterocycles. The van der Waals surface area contributed by atoms with Crippen molar-refractivity contribution in [2.45, 2.75) is 45.7 Å². The lowest BCUT2D eigenvalue weighted by atomic mass is 10.2. The highest BCUT2D eigenvalue weighted by Crippen LogP contribution is 2.21. The van der Waals surface area contributed by atoms with Crippen molar-refractivity contribution in [1.29, 1.82) is 0 Å². The van der Waals surface area contributed by atoms with E-state index in [0.717, 1.165) is 42.5 Å². The molecular weight excluding hydrogens is 260 g/mol. The molecule has 0 aromatic carbocycles. The SMILES string of the molecule is CCc1nn(C)c(CNCC2CCCN2CC)c1Cl. The first-order valence-corrected chi connectivity index (χ1v) is 7.70. The molecule has 0 amide bonds. The van der Waals surface area contributed by atoms with Crippen molar-refractivity contribution in [1.82, 2.24) is 20.0 Å². The van der Waals surface area contributed by atoms with Gasteiger partial charge in [0.25, 0.3) is 0 Å². The largest absolute Gasteiger partial charge is 0.310 e. The van der Waals surface area contributed by atoms with Gasteiger partial charge >= 0.3 is 0 Å². The Labute approximate surface area is 121 Å². The van der Waals surface area contributed by atoms with Crippen molar-refractivity contribution >= 4 is 11.6 Å². The molecule has 0 spiro atoms. The molecule has 0 bridgehead atoms. The molecule has 4 nitrogen and oxygen atoms in total. The quantitative estimate of drug-likeness (QED) is 0.869. The summed E-state index contributed by atoms with van der Waals surface area (Å²) >= 11 is 6.35. The number of likely N-dealkylation sites (N-methyl/N-ethyl adjacent to an activating group) is 1. The summed E-state index contributed by atoms with van der Waals surface area (Å²) in [7, 11) is 1.97. The number of aromatic nitrogens is 2. The van der Waals surface area contributed by atoms with Crippen molar-refractivity contribution in [3.8, 4) is 0 Å². The van der Waals surface area contributed by atoms with Crippen LogP contribution in [-0.2, 0) is 20.0 Å². The van der Waals surface area contributed by atoms with Crippen LogP contribution in [0.1, 0.15) is 38.1 Å². The summed E-state index contributed by atoms with van der Waals surface area (Å²) in [5.41, 5.74) is 2.09. The predicted molar refractivity (Wildman–Crippen MR) is 79.6 cm³/mol. The maximum absolute atomic E-state index is 6.35. The van der Waals surface area contributed by atoms with Gasteiger partial charge in [0.2, 0.25) is 0 Å². The lowest BCUT2D eigenvalue weighted by Crippen LogP contribution is -2.37. The van der Waals surface area contributed by atoms with E-state index in [1.54, 1.807) is 0 Å². The van der Waals surface area contributed by atoms with Crippen LogP contribution in [0.25, 0.3) is 0 Å². The number of nitrogens with zero attached hydrogens (tertiary/aromatic N) is 3. The Balaban J connectivity index is 1.87. The molecule has 1 aromatic rings. The van der Waals surface area contributed by atoms with Crippen LogP contribution in [0.3, 0.4) is 0 Å². The molecular formula is C14H25ClN4. The molecule has 1 atom stereocenters. The minimum absolute atomic E-state index is 0.683. The summed E-state index contributed by atoms with van der Waals surface area (Å²) in [5.74, 6) is 0. The van der Waals surface area contributed by atoms with E-state index in [2.05, 4.69) is 29.2 Å². The maximum atomic E-state index is 6.35. The van der Waals surface area contributed by atoms with Crippen molar-refractivity contribution in [2.75, 3.05) is 19.6 Å². The number of likely N-dealkylation sites (tertiary alicyclic amines) is 1. The van der Waals surface area contributed by atoms with Gasteiger partial charge < -0.3 is 5.32 Å². The van der Waals surface area contributed by atoms with Gasteiger partial charge in [0.05, 0.1) is 16.4 Å². The van der Waals surface area contributed by atoms with Gasteiger partial charge in [0, 0.05) is 26.2 Å². The summed E-state index contributed by atoms with van der Waals surface area (Å²) < 4.78 is 1.90. The van der Waals surface area contributed by atoms with Crippen LogP contribution in [-0.4, -0.2) is 40.4 Å². The molecule has 19 heavy (non-hydrogen) atoms. The molecule has 0 saturated carbocycles. The zero-order valence-corrected chi connectivity index (χ0v) is 13.0. The fraction of sp³-hybridized carbons (Fsp3) is 0.786. The summed E-state index contributed by atoms with van der Waals surface area (Å²) in [5, 5.41) is 8.81. The molecule has 2 rings (SSSR count). The van der Waals surface area contributed by atoms with Crippen LogP contribution in [0.4, 0.5) is 0 Å². The fourth-order valence-corrected chi connectivity index (χ4v) is 3.27. The van der Waals surface area contributed by atoms with E-state index in [4.69, 9.17) is 11.6 Å². The highest BCUT2D eigenvalue weighted by molar-refractivity contribution is 6.31. The van der Waals surface area contributed by atoms with Gasteiger partial charge in [0.1, 0.15) is 0 Å². The molecule has 1 saturated heterocycles. The molecule has 108 valence electrons. The molecule has 1 aliphatic heterocycles. The Morgan fingerprint density at radius 2 is 2.21 bits per heavy atom. The summed E-state index contributed by atoms with van der Waals surface area (Å²) in [6.07, 6.45) is 3.52. The minimum atomic E-state index is 0.683. The van der Waals surface area contributed by atoms with Gasteiger partial charge in [-0.3, -0.25) is 9.58 Å². The molecule has 1 aliphatic rings. The van der Waals surface area contributed by atoms with E-state index in [9.17, 15) is 0 Å². The Morgan fingerprint density at radius 3 is 2.84 bits per heavy atom. The minimum Gasteiger partial charge on any atom is -0.310 e. The third kappa shape index (κ3) is 3.30. The monoisotopic (exact) mass is 284 g/mol. The van der Waals surface area contributed by atoms with Crippen molar-refractivity contribution in [3.05, 3.63) is 16.4 Å². The van der Waals surface area contributed by atoms with E-state index in [-0.39, 0.29) is 0 Å². The van der Waals surface area contributed by atoms with Gasteiger partial charge in [-0.25, -0.2) is 0 Å². The first kappa shape index (κ1) is 14.8. The second-order valence-electron chi connectivity index (χ2n) is 5.24. The zero-order valence-electron chi connectivity index (χ0n) is 12.2. The highest BCUT2D eigenvalue weighted by Gasteiger charge is 2.22. The van der Waals surface area contributed by atoms with Crippen LogP contribution in [0.15, 0.2) is 0 Å². The first-order valence-electron chi connectivity index (χ1n) is 7.32. The van der Waals surface area contributed by atoms with Crippen LogP contribution < -0.4 is 5.32 Å². The van der Waals surface area contributed by atoms with Crippen molar-refractivity contribution in [2.24, 2.45) is 7.05 Å². The van der Waals surface area contributed by atoms with E-state index in [1.807, 2.05) is 11.7 Å². The van der Waals surface area contributed by atoms with Crippen molar-refractivity contribution < 1.29 is 0 Å². The smallest absolute Gasteiger partial charge is 0.0863 e. The zero-order chi connectivity index (χ0) is 13.8. The second-order valence-corrected chi connectivity index (χ2v) is 5.62. The lowest BCUT2D eigenvalue weighted by Gasteiger charge is -2.23. The maximum Gasteiger partial charge on any atom is 0.0863 e. The normalized spacial score (nSPS) is 20.3. The third-order valence-electron chi connectivity index (χ3n) is 4.08. The van der Waals surface area contributed by atoms with Crippen LogP contribution >= 0.6 is 11.6 Å². The Kier molecular flexibility index (Phi) is 5.25. The second kappa shape index (κ2) is 6.73. The van der Waals surface area contributed by atoms with E-state index >= 15 is 0 Å². The number of rotatable bonds is 6. The number of hydrogen-bond acceptors (Lipinski definition) is 3. The van der Waals surface area contributed by atoms with Gasteiger partial charge in [-0.1, -0.05) is 25.4 Å². The van der Waals surface area contributed by atoms with Crippen LogP contribution in [0, 0.1) is 0 Å². The lowest BCUT2D eigenvalue weighted by molar-refractivity contribution is 0.259. The molecule has 0 aliphatic carbocycles. The summed E-state index contributed by atoms with van der Waals surface area (Å²) in [6, 6.07) is 0.683. The van der Waals surface area contributed by atoms with Crippen LogP contribution in [0.5, 0.6) is 0 Å². The van der Waals surface area contributed by atoms with Crippen molar-refractivity contribution in [3.63, 3.8) is 0 Å². The third-order valence-corrected chi connectivity index (χ3v) is 4.52. The highest BCUT2D eigenvalue weighted by atomic mass is 35.5. The van der Waals surface area contributed by atoms with Gasteiger partial charge in [-0.2, -0.15) is 5.10 Å². The summed E-state index contributed by atoms with van der Waals surface area (Å²) in [6.45, 7) is 8.56. The number of nitrogens with one attached hydrogen (secondary N) is 1. The standard InChI is InChI=1S/C14H25ClN4/c1-4-12-14(15)13(18(3)17-12)10-16-9-11-7-6-8-19(11)5-2/h11,16H,4-10H2,1-3H3. The Hall–Kier alpha value is -0.580. The Morgan fingerprint density at radius 1 is 1.42 bits per heavy atom. The average Bonchev–Trinajstić information content (AvgIpc) is 2.96. The van der Waals surface area contributed by atoms with Crippen LogP contribution in [0.2, 0.25) is 5.02 Å². The molecule has 1 N–H and O–H groups in total. The van der Waals surface area contributed by atoms with E-state index in [1.165, 1.54) is 19.4 Å². The van der Waals surface area contributed by atoms with E-state index < -0.39 is 0 Å². The molecule has 5 heteroatoms. The number of halogens is 1. The van der Waals surface area contributed by atoms with Gasteiger partial charge in [-0.05, 0) is 32.4 Å². The summed E-state index contributed by atoms with van der Waals surface area (Å²) in [4.78, 5) is 2.55. The number of hydrogen-bond donors (Lipinski definition) is 1. The fourth-order valence-electron chi connectivity index (χ4n) is 2.91. The predicted octanol–water partition coefficient (Wildman–Crippen LogP) is 2.21. The number of aryl methyl sites for hydroxylation is 2. The topological polar surface area (TPSA) is 33.1 Å². The molecule has 1 unspecified atom stereocenters. The molecule has 1 fully saturated rings. The Bertz CT molecular complexity index is 416. The van der Waals surface area contributed by atoms with E-state index in [0.29, 0.717) is 6.04 Å². The van der Waals surface area contributed by atoms with Gasteiger partial charge in [-0.15, -0.1) is 0 Å². The van der Waals surface area contributed by atoms with Gasteiger partial charge in [0.15, 0.2) is 0 Å². The average molecular weight is 285 g/mol. The first-order chi connectivity index (χ1) is 9.17. The molecule has 0 radical (unpaired) electrons. The molecule has 2 heterocycles.